The van der Waals surface area contributed by atoms with E-state index in [9.17, 15) is 0 Å². The normalized spacial score (nSPS) is 27.7. The van der Waals surface area contributed by atoms with Crippen molar-refractivity contribution in [3.63, 3.8) is 0 Å². The quantitative estimate of drug-likeness (QED) is 0.317. The van der Waals surface area contributed by atoms with Crippen molar-refractivity contribution in [2.45, 2.75) is 80.6 Å². The van der Waals surface area contributed by atoms with Crippen LogP contribution in [0.3, 0.4) is 0 Å². The van der Waals surface area contributed by atoms with Crippen molar-refractivity contribution in [3.8, 4) is 0 Å². The van der Waals surface area contributed by atoms with Crippen LogP contribution < -0.4 is 0 Å². The third-order valence-electron chi connectivity index (χ3n) is 5.84. The van der Waals surface area contributed by atoms with Gasteiger partial charge in [0.15, 0.2) is 0 Å². The highest BCUT2D eigenvalue weighted by atomic mass is 19.1. The highest BCUT2D eigenvalue weighted by Gasteiger charge is 2.34. The average Bonchev–Trinajstić information content (AvgIpc) is 2.91. The van der Waals surface area contributed by atoms with Crippen molar-refractivity contribution in [3.05, 3.63) is 34.8 Å². The zero-order chi connectivity index (χ0) is 20.6. The fourth-order valence-electron chi connectivity index (χ4n) is 4.21. The van der Waals surface area contributed by atoms with Gasteiger partial charge < -0.3 is 5.41 Å². The molecule has 0 saturated heterocycles. The van der Waals surface area contributed by atoms with Crippen molar-refractivity contribution >= 4 is 11.9 Å². The van der Waals surface area contributed by atoms with Crippen LogP contribution in [-0.2, 0) is 0 Å². The van der Waals surface area contributed by atoms with Crippen LogP contribution in [0.1, 0.15) is 80.6 Å². The maximum absolute atomic E-state index is 15.0. The molecule has 152 valence electrons. The summed E-state index contributed by atoms with van der Waals surface area (Å²) in [5.41, 5.74) is 3.89. The molecule has 0 bridgehead atoms. The zero-order valence-electron chi connectivity index (χ0n) is 18.4. The Kier molecular flexibility index (Phi) is 9.90. The second-order valence-corrected chi connectivity index (χ2v) is 8.09. The molecule has 0 aliphatic heterocycles. The summed E-state index contributed by atoms with van der Waals surface area (Å²) in [6.45, 7) is 14.8. The van der Waals surface area contributed by atoms with E-state index in [2.05, 4.69) is 34.6 Å². The molecular weight excluding hydrogens is 335 g/mol. The molecule has 1 rings (SSSR count). The number of halogens is 1. The van der Waals surface area contributed by atoms with Crippen LogP contribution in [0.25, 0.3) is 0 Å². The van der Waals surface area contributed by atoms with Crippen molar-refractivity contribution in [2.75, 3.05) is 0 Å². The maximum Gasteiger partial charge on any atom is 0.109 e. The number of hydrogen-bond acceptors (Lipinski definition) is 2. The van der Waals surface area contributed by atoms with E-state index in [1.165, 1.54) is 11.9 Å². The van der Waals surface area contributed by atoms with Gasteiger partial charge in [-0.05, 0) is 67.6 Å². The first-order valence-corrected chi connectivity index (χ1v) is 10.7. The maximum atomic E-state index is 15.0. The van der Waals surface area contributed by atoms with Gasteiger partial charge in [-0.2, -0.15) is 0 Å². The number of aliphatic imine (C=N–C) groups is 1. The van der Waals surface area contributed by atoms with Crippen LogP contribution in [0.5, 0.6) is 0 Å². The van der Waals surface area contributed by atoms with Gasteiger partial charge in [-0.25, -0.2) is 4.39 Å². The second kappa shape index (κ2) is 11.4. The molecule has 1 fully saturated rings. The van der Waals surface area contributed by atoms with Crippen LogP contribution in [0.2, 0.25) is 0 Å². The molecule has 1 saturated carbocycles. The fraction of sp³-hybridized carbons (Fsp3) is 0.667. The topological polar surface area (TPSA) is 36.2 Å². The van der Waals surface area contributed by atoms with Gasteiger partial charge >= 0.3 is 0 Å². The summed E-state index contributed by atoms with van der Waals surface area (Å²) in [5, 5.41) is 7.57. The lowest BCUT2D eigenvalue weighted by atomic mass is 9.94. The number of hydrogen-bond donors (Lipinski definition) is 1. The first kappa shape index (κ1) is 23.5. The molecule has 0 heterocycles. The van der Waals surface area contributed by atoms with Crippen LogP contribution in [0.4, 0.5) is 4.39 Å². The third-order valence-corrected chi connectivity index (χ3v) is 5.84. The standard InChI is InChI=1S/C24H39FN2/c1-8-11-16(4)23(14-22(25)19(7)20(15-26)12-9-2)27-24-18(6)13-17(5)21(24)10-3/h12,14-15,17-19,21,26H,8-11,13H2,1-7H3/b20-12+,22-14+,23-16+,26-15?,27-24-. The van der Waals surface area contributed by atoms with Crippen LogP contribution in [0, 0.1) is 29.1 Å². The molecule has 1 aliphatic rings. The summed E-state index contributed by atoms with van der Waals surface area (Å²) in [6, 6.07) is 0. The summed E-state index contributed by atoms with van der Waals surface area (Å²) in [5.74, 6) is 0.978. The van der Waals surface area contributed by atoms with E-state index in [0.717, 1.165) is 48.9 Å². The van der Waals surface area contributed by atoms with Gasteiger partial charge in [0.25, 0.3) is 0 Å². The Bertz CT molecular complexity index is 624. The van der Waals surface area contributed by atoms with Gasteiger partial charge in [0.2, 0.25) is 0 Å². The Morgan fingerprint density at radius 3 is 2.48 bits per heavy atom. The predicted molar refractivity (Wildman–Crippen MR) is 117 cm³/mol. The van der Waals surface area contributed by atoms with E-state index in [0.29, 0.717) is 17.8 Å². The Balaban J connectivity index is 3.35. The van der Waals surface area contributed by atoms with Gasteiger partial charge in [-0.3, -0.25) is 4.99 Å². The predicted octanol–water partition coefficient (Wildman–Crippen LogP) is 7.68. The minimum Gasteiger partial charge on any atom is -0.308 e. The zero-order valence-corrected chi connectivity index (χ0v) is 18.4. The minimum absolute atomic E-state index is 0.209. The lowest BCUT2D eigenvalue weighted by molar-refractivity contribution is 0.452. The third kappa shape index (κ3) is 6.26. The molecule has 0 aromatic rings. The molecule has 2 nitrogen and oxygen atoms in total. The van der Waals surface area contributed by atoms with Gasteiger partial charge in [-0.15, -0.1) is 0 Å². The van der Waals surface area contributed by atoms with Crippen LogP contribution >= 0.6 is 0 Å². The van der Waals surface area contributed by atoms with Crippen molar-refractivity contribution in [2.24, 2.45) is 28.7 Å². The van der Waals surface area contributed by atoms with Crippen molar-refractivity contribution in [1.29, 1.82) is 5.41 Å². The average molecular weight is 375 g/mol. The van der Waals surface area contributed by atoms with Gasteiger partial charge in [-0.1, -0.05) is 54.0 Å². The monoisotopic (exact) mass is 374 g/mol. The molecule has 27 heavy (non-hydrogen) atoms. The first-order valence-electron chi connectivity index (χ1n) is 10.7. The SMILES string of the molecule is CC/C=C(\C=N)C(C)\C(F)=C/C(/N=C1/C(C)CC(C)C1CC)=C(/C)CCC. The molecule has 3 heteroatoms. The molecule has 0 amide bonds. The lowest BCUT2D eigenvalue weighted by Gasteiger charge is -2.16. The Hall–Kier alpha value is -1.51. The molecule has 1 N–H and O–H groups in total. The van der Waals surface area contributed by atoms with E-state index >= 15 is 4.39 Å². The minimum atomic E-state index is -0.408. The van der Waals surface area contributed by atoms with Gasteiger partial charge in [0.05, 0.1) is 5.70 Å². The Labute approximate surface area is 166 Å². The largest absolute Gasteiger partial charge is 0.308 e. The van der Waals surface area contributed by atoms with E-state index in [-0.39, 0.29) is 5.83 Å². The van der Waals surface area contributed by atoms with E-state index < -0.39 is 5.92 Å². The van der Waals surface area contributed by atoms with Gasteiger partial charge in [0, 0.05) is 17.8 Å². The van der Waals surface area contributed by atoms with Gasteiger partial charge in [0.1, 0.15) is 5.83 Å². The van der Waals surface area contributed by atoms with Crippen molar-refractivity contribution < 1.29 is 4.39 Å². The number of rotatable bonds is 9. The van der Waals surface area contributed by atoms with Crippen LogP contribution in [-0.4, -0.2) is 11.9 Å². The highest BCUT2D eigenvalue weighted by molar-refractivity contribution is 5.92. The van der Waals surface area contributed by atoms with E-state index in [4.69, 9.17) is 10.4 Å². The highest BCUT2D eigenvalue weighted by Crippen LogP contribution is 2.37. The number of allylic oxidation sites excluding steroid dienone is 5. The molecule has 0 radical (unpaired) electrons. The number of nitrogens with one attached hydrogen (secondary N) is 1. The lowest BCUT2D eigenvalue weighted by Crippen LogP contribution is -2.15. The first-order chi connectivity index (χ1) is 12.8. The molecule has 0 spiro atoms. The molecule has 1 aliphatic carbocycles. The summed E-state index contributed by atoms with van der Waals surface area (Å²) >= 11 is 0. The van der Waals surface area contributed by atoms with Crippen LogP contribution in [0.15, 0.2) is 39.8 Å². The summed E-state index contributed by atoms with van der Waals surface area (Å²) in [7, 11) is 0. The summed E-state index contributed by atoms with van der Waals surface area (Å²) < 4.78 is 15.0. The summed E-state index contributed by atoms with van der Waals surface area (Å²) in [4.78, 5) is 5.03. The van der Waals surface area contributed by atoms with E-state index in [1.54, 1.807) is 6.08 Å². The summed E-state index contributed by atoms with van der Waals surface area (Å²) in [6.07, 6.45) is 9.81. The molecule has 4 unspecified atom stereocenters. The number of nitrogens with zero attached hydrogens (tertiary/aromatic N) is 1. The molecular formula is C24H39FN2. The second-order valence-electron chi connectivity index (χ2n) is 8.09. The van der Waals surface area contributed by atoms with Crippen molar-refractivity contribution in [1.82, 2.24) is 0 Å². The molecule has 0 aromatic carbocycles. The van der Waals surface area contributed by atoms with E-state index in [1.807, 2.05) is 19.9 Å². The smallest absolute Gasteiger partial charge is 0.109 e. The Morgan fingerprint density at radius 2 is 1.96 bits per heavy atom. The molecule has 4 atom stereocenters. The Morgan fingerprint density at radius 1 is 1.30 bits per heavy atom. The fourth-order valence-corrected chi connectivity index (χ4v) is 4.21. The molecule has 0 aromatic heterocycles.